The average Bonchev–Trinajstić information content (AvgIpc) is 2.64. The van der Waals surface area contributed by atoms with Gasteiger partial charge in [-0.2, -0.15) is 5.10 Å². The third-order valence-corrected chi connectivity index (χ3v) is 2.96. The Balaban J connectivity index is 2.72. The summed E-state index contributed by atoms with van der Waals surface area (Å²) in [6, 6.07) is 4.16. The minimum atomic E-state index is -0.359. The predicted octanol–water partition coefficient (Wildman–Crippen LogP) is 3.85. The average molecular weight is 272 g/mol. The summed E-state index contributed by atoms with van der Waals surface area (Å²) in [4.78, 5) is 0. The van der Waals surface area contributed by atoms with E-state index in [0.29, 0.717) is 15.5 Å². The van der Waals surface area contributed by atoms with Crippen LogP contribution in [-0.2, 0) is 0 Å². The van der Waals surface area contributed by atoms with Crippen LogP contribution in [0.1, 0.15) is 25.6 Å². The molecule has 2 rings (SSSR count). The highest BCUT2D eigenvalue weighted by molar-refractivity contribution is 7.71. The van der Waals surface area contributed by atoms with E-state index in [2.05, 4.69) is 10.2 Å². The van der Waals surface area contributed by atoms with E-state index in [1.54, 1.807) is 4.57 Å². The van der Waals surface area contributed by atoms with Crippen LogP contribution in [0.5, 0.6) is 0 Å². The summed E-state index contributed by atoms with van der Waals surface area (Å²) in [6.07, 6.45) is 0. The largest absolute Gasteiger partial charge is 0.270 e. The molecule has 1 aromatic heterocycles. The van der Waals surface area contributed by atoms with Gasteiger partial charge in [-0.05, 0) is 30.4 Å². The summed E-state index contributed by atoms with van der Waals surface area (Å²) in [7, 11) is 0. The van der Waals surface area contributed by atoms with Crippen molar-refractivity contribution in [3.63, 3.8) is 0 Å². The van der Waals surface area contributed by atoms with Crippen molar-refractivity contribution in [2.75, 3.05) is 0 Å². The number of hydrogen-bond acceptors (Lipinski definition) is 2. The summed E-state index contributed by atoms with van der Waals surface area (Å²) < 4.78 is 15.3. The highest BCUT2D eigenvalue weighted by Crippen LogP contribution is 2.25. The molecule has 0 aliphatic rings. The van der Waals surface area contributed by atoms with Gasteiger partial charge in [0.05, 0.1) is 10.7 Å². The van der Waals surface area contributed by atoms with E-state index in [-0.39, 0.29) is 11.7 Å². The van der Waals surface area contributed by atoms with E-state index in [0.717, 1.165) is 5.82 Å². The lowest BCUT2D eigenvalue weighted by Gasteiger charge is -2.10. The Hall–Kier alpha value is -1.20. The normalized spacial score (nSPS) is 11.1. The number of H-pyrrole nitrogens is 1. The number of nitrogens with one attached hydrogen (secondary N) is 1. The third-order valence-electron chi connectivity index (χ3n) is 2.36. The number of rotatable bonds is 2. The van der Waals surface area contributed by atoms with Crippen LogP contribution in [0, 0.1) is 10.6 Å². The molecule has 0 aliphatic carbocycles. The number of nitrogens with zero attached hydrogens (tertiary/aromatic N) is 2. The van der Waals surface area contributed by atoms with Gasteiger partial charge in [0.15, 0.2) is 4.77 Å². The Labute approximate surface area is 108 Å². The molecule has 0 bridgehead atoms. The third kappa shape index (κ3) is 2.25. The fourth-order valence-electron chi connectivity index (χ4n) is 1.59. The topological polar surface area (TPSA) is 33.6 Å². The molecule has 6 heteroatoms. The number of aromatic nitrogens is 3. The van der Waals surface area contributed by atoms with Crippen LogP contribution < -0.4 is 0 Å². The second-order valence-electron chi connectivity index (χ2n) is 3.97. The molecule has 2 aromatic rings. The first kappa shape index (κ1) is 12.3. The van der Waals surface area contributed by atoms with Gasteiger partial charge in [0.25, 0.3) is 0 Å². The van der Waals surface area contributed by atoms with Crippen LogP contribution in [0.3, 0.4) is 0 Å². The van der Waals surface area contributed by atoms with Gasteiger partial charge in [-0.15, -0.1) is 0 Å². The molecule has 0 radical (unpaired) electrons. The Morgan fingerprint density at radius 3 is 2.82 bits per heavy atom. The summed E-state index contributed by atoms with van der Waals surface area (Å²) in [5.41, 5.74) is 0.508. The van der Waals surface area contributed by atoms with Crippen molar-refractivity contribution >= 4 is 23.8 Å². The fraction of sp³-hybridized carbons (Fsp3) is 0.273. The highest BCUT2D eigenvalue weighted by Gasteiger charge is 2.14. The summed E-state index contributed by atoms with van der Waals surface area (Å²) in [5, 5.41) is 7.26. The molecule has 90 valence electrons. The van der Waals surface area contributed by atoms with Crippen LogP contribution in [0.25, 0.3) is 5.69 Å². The van der Waals surface area contributed by atoms with Crippen molar-refractivity contribution in [1.82, 2.24) is 14.8 Å². The Bertz CT molecular complexity index is 603. The Morgan fingerprint density at radius 2 is 2.18 bits per heavy atom. The van der Waals surface area contributed by atoms with Crippen molar-refractivity contribution in [3.8, 4) is 5.69 Å². The summed E-state index contributed by atoms with van der Waals surface area (Å²) in [5.74, 6) is 0.520. The molecule has 1 N–H and O–H groups in total. The summed E-state index contributed by atoms with van der Waals surface area (Å²) in [6.45, 7) is 3.96. The van der Waals surface area contributed by atoms with E-state index in [1.807, 2.05) is 13.8 Å². The first-order chi connectivity index (χ1) is 8.00. The molecule has 0 unspecified atom stereocenters. The van der Waals surface area contributed by atoms with E-state index >= 15 is 0 Å². The molecule has 0 spiro atoms. The van der Waals surface area contributed by atoms with Crippen molar-refractivity contribution in [1.29, 1.82) is 0 Å². The zero-order valence-electron chi connectivity index (χ0n) is 9.37. The van der Waals surface area contributed by atoms with Gasteiger partial charge in [-0.1, -0.05) is 25.4 Å². The minimum absolute atomic E-state index is 0.155. The first-order valence-electron chi connectivity index (χ1n) is 5.13. The van der Waals surface area contributed by atoms with Gasteiger partial charge < -0.3 is 0 Å². The fourth-order valence-corrected chi connectivity index (χ4v) is 2.03. The Kier molecular flexibility index (Phi) is 3.31. The predicted molar refractivity (Wildman–Crippen MR) is 67.8 cm³/mol. The number of hydrogen-bond donors (Lipinski definition) is 1. The molecule has 3 nitrogen and oxygen atoms in total. The minimum Gasteiger partial charge on any atom is -0.270 e. The van der Waals surface area contributed by atoms with E-state index < -0.39 is 0 Å². The van der Waals surface area contributed by atoms with Crippen molar-refractivity contribution in [3.05, 3.63) is 39.6 Å². The SMILES string of the molecule is CC(C)c1n[nH]c(=S)n1-c1cc(F)ccc1Cl. The Morgan fingerprint density at radius 1 is 1.47 bits per heavy atom. The molecule has 0 amide bonds. The molecule has 1 aromatic carbocycles. The van der Waals surface area contributed by atoms with Gasteiger partial charge in [-0.25, -0.2) is 4.39 Å². The smallest absolute Gasteiger partial charge is 0.199 e. The number of halogens is 2. The molecular formula is C11H11ClFN3S. The second kappa shape index (κ2) is 4.58. The molecule has 17 heavy (non-hydrogen) atoms. The van der Waals surface area contributed by atoms with Gasteiger partial charge in [-0.3, -0.25) is 9.67 Å². The molecular weight excluding hydrogens is 261 g/mol. The lowest BCUT2D eigenvalue weighted by atomic mass is 10.2. The van der Waals surface area contributed by atoms with E-state index in [1.165, 1.54) is 18.2 Å². The maximum atomic E-state index is 13.3. The van der Waals surface area contributed by atoms with Crippen LogP contribution in [-0.4, -0.2) is 14.8 Å². The molecule has 0 aliphatic heterocycles. The zero-order chi connectivity index (χ0) is 12.6. The standard InChI is InChI=1S/C11H11ClFN3S/c1-6(2)10-14-15-11(17)16(10)9-5-7(13)3-4-8(9)12/h3-6H,1-2H3,(H,15,17). The zero-order valence-corrected chi connectivity index (χ0v) is 10.9. The van der Waals surface area contributed by atoms with Crippen LogP contribution >= 0.6 is 23.8 Å². The van der Waals surface area contributed by atoms with E-state index in [4.69, 9.17) is 23.8 Å². The molecule has 0 atom stereocenters. The van der Waals surface area contributed by atoms with Crippen LogP contribution in [0.15, 0.2) is 18.2 Å². The maximum Gasteiger partial charge on any atom is 0.199 e. The van der Waals surface area contributed by atoms with Gasteiger partial charge >= 0.3 is 0 Å². The monoisotopic (exact) mass is 271 g/mol. The quantitative estimate of drug-likeness (QED) is 0.842. The van der Waals surface area contributed by atoms with Crippen LogP contribution in [0.2, 0.25) is 5.02 Å². The molecule has 0 saturated heterocycles. The van der Waals surface area contributed by atoms with Crippen molar-refractivity contribution in [2.45, 2.75) is 19.8 Å². The van der Waals surface area contributed by atoms with E-state index in [9.17, 15) is 4.39 Å². The van der Waals surface area contributed by atoms with Gasteiger partial charge in [0, 0.05) is 5.92 Å². The van der Waals surface area contributed by atoms with Crippen molar-refractivity contribution < 1.29 is 4.39 Å². The van der Waals surface area contributed by atoms with Gasteiger partial charge in [0.1, 0.15) is 11.6 Å². The molecule has 0 saturated carbocycles. The first-order valence-corrected chi connectivity index (χ1v) is 5.92. The second-order valence-corrected chi connectivity index (χ2v) is 4.77. The number of aromatic amines is 1. The van der Waals surface area contributed by atoms with Crippen molar-refractivity contribution in [2.24, 2.45) is 0 Å². The number of benzene rings is 1. The summed E-state index contributed by atoms with van der Waals surface area (Å²) >= 11 is 11.2. The lowest BCUT2D eigenvalue weighted by molar-refractivity contribution is 0.625. The molecule has 0 fully saturated rings. The maximum absolute atomic E-state index is 13.3. The van der Waals surface area contributed by atoms with Crippen LogP contribution in [0.4, 0.5) is 4.39 Å². The molecule has 1 heterocycles. The highest BCUT2D eigenvalue weighted by atomic mass is 35.5. The lowest BCUT2D eigenvalue weighted by Crippen LogP contribution is -2.04. The van der Waals surface area contributed by atoms with Gasteiger partial charge in [0.2, 0.25) is 0 Å².